The third-order valence-corrected chi connectivity index (χ3v) is 3.82. The van der Waals surface area contributed by atoms with Crippen molar-refractivity contribution >= 4 is 12.2 Å². The molecule has 24 heavy (non-hydrogen) atoms. The number of carbonyl (C=O) groups excluding carboxylic acids is 2. The minimum atomic E-state index is -0.559. The molecule has 1 aliphatic heterocycles. The van der Waals surface area contributed by atoms with Gasteiger partial charge in [0.25, 0.3) is 0 Å². The predicted octanol–water partition coefficient (Wildman–Crippen LogP) is 2.52. The molecule has 2 N–H and O–H groups in total. The lowest BCUT2D eigenvalue weighted by atomic mass is 9.79. The van der Waals surface area contributed by atoms with Gasteiger partial charge in [0.1, 0.15) is 11.2 Å². The third kappa shape index (κ3) is 6.95. The maximum absolute atomic E-state index is 12.1. The summed E-state index contributed by atoms with van der Waals surface area (Å²) in [6.45, 7) is 12.1. The van der Waals surface area contributed by atoms with Gasteiger partial charge in [0.15, 0.2) is 0 Å². The van der Waals surface area contributed by atoms with Crippen LogP contribution in [0.1, 0.15) is 54.4 Å². The quantitative estimate of drug-likeness (QED) is 0.821. The molecule has 0 aromatic carbocycles. The molecule has 140 valence electrons. The van der Waals surface area contributed by atoms with E-state index in [1.54, 1.807) is 25.7 Å². The minimum absolute atomic E-state index is 0.0506. The fraction of sp³-hybridized carbons (Fsp3) is 0.882. The molecular weight excluding hydrogens is 312 g/mol. The van der Waals surface area contributed by atoms with Crippen molar-refractivity contribution in [3.05, 3.63) is 0 Å². The Morgan fingerprint density at radius 3 is 1.96 bits per heavy atom. The zero-order valence-corrected chi connectivity index (χ0v) is 15.8. The Labute approximate surface area is 144 Å². The van der Waals surface area contributed by atoms with Crippen molar-refractivity contribution in [3.8, 4) is 0 Å². The maximum Gasteiger partial charge on any atom is 0.410 e. The zero-order valence-electron chi connectivity index (χ0n) is 15.8. The monoisotopic (exact) mass is 344 g/mol. The van der Waals surface area contributed by atoms with Gasteiger partial charge >= 0.3 is 12.2 Å². The van der Waals surface area contributed by atoms with Crippen molar-refractivity contribution in [3.63, 3.8) is 0 Å². The van der Waals surface area contributed by atoms with Gasteiger partial charge in [0, 0.05) is 25.0 Å². The number of aliphatic hydroxyl groups is 1. The van der Waals surface area contributed by atoms with Crippen LogP contribution in [0.5, 0.6) is 0 Å². The van der Waals surface area contributed by atoms with E-state index in [1.807, 2.05) is 20.8 Å². The van der Waals surface area contributed by atoms with Gasteiger partial charge in [-0.15, -0.1) is 0 Å². The lowest BCUT2D eigenvalue weighted by molar-refractivity contribution is -0.00201. The smallest absolute Gasteiger partial charge is 0.410 e. The molecule has 1 aliphatic rings. The van der Waals surface area contributed by atoms with Crippen LogP contribution >= 0.6 is 0 Å². The number of amides is 2. The lowest BCUT2D eigenvalue weighted by Crippen LogP contribution is -2.50. The SMILES string of the molecule is CC(C)(C)OC(=O)NCC1(CO)CCN(C(=O)OC(C)(C)C)CC1. The van der Waals surface area contributed by atoms with Gasteiger partial charge in [-0.1, -0.05) is 0 Å². The van der Waals surface area contributed by atoms with E-state index in [2.05, 4.69) is 5.32 Å². The number of alkyl carbamates (subject to hydrolysis) is 1. The van der Waals surface area contributed by atoms with E-state index in [0.717, 1.165) is 0 Å². The fourth-order valence-electron chi connectivity index (χ4n) is 2.45. The van der Waals surface area contributed by atoms with Crippen LogP contribution in [0, 0.1) is 5.41 Å². The molecule has 0 bridgehead atoms. The van der Waals surface area contributed by atoms with Crippen LogP contribution in [-0.4, -0.2) is 59.6 Å². The Kier molecular flexibility index (Phi) is 6.50. The second-order valence-electron chi connectivity index (χ2n) is 8.48. The maximum atomic E-state index is 12.1. The molecular formula is C17H32N2O5. The van der Waals surface area contributed by atoms with Gasteiger partial charge in [0.2, 0.25) is 0 Å². The van der Waals surface area contributed by atoms with E-state index in [9.17, 15) is 14.7 Å². The van der Waals surface area contributed by atoms with Gasteiger partial charge in [-0.3, -0.25) is 0 Å². The Bertz CT molecular complexity index is 443. The summed E-state index contributed by atoms with van der Waals surface area (Å²) >= 11 is 0. The summed E-state index contributed by atoms with van der Waals surface area (Å²) in [6, 6.07) is 0. The number of carbonyl (C=O) groups is 2. The van der Waals surface area contributed by atoms with E-state index in [0.29, 0.717) is 32.5 Å². The third-order valence-electron chi connectivity index (χ3n) is 3.82. The molecule has 0 radical (unpaired) electrons. The zero-order chi connectivity index (χ0) is 18.6. The average Bonchev–Trinajstić information content (AvgIpc) is 2.42. The average molecular weight is 344 g/mol. The van der Waals surface area contributed by atoms with Crippen LogP contribution in [0.2, 0.25) is 0 Å². The van der Waals surface area contributed by atoms with Gasteiger partial charge < -0.3 is 24.8 Å². The number of hydrogen-bond acceptors (Lipinski definition) is 5. The van der Waals surface area contributed by atoms with Crippen molar-refractivity contribution < 1.29 is 24.2 Å². The normalized spacial score (nSPS) is 18.0. The topological polar surface area (TPSA) is 88.1 Å². The van der Waals surface area contributed by atoms with Crippen LogP contribution in [-0.2, 0) is 9.47 Å². The van der Waals surface area contributed by atoms with Gasteiger partial charge in [-0.2, -0.15) is 0 Å². The number of nitrogens with zero attached hydrogens (tertiary/aromatic N) is 1. The predicted molar refractivity (Wildman–Crippen MR) is 90.8 cm³/mol. The highest BCUT2D eigenvalue weighted by molar-refractivity contribution is 5.68. The van der Waals surface area contributed by atoms with Crippen molar-refractivity contribution in [2.75, 3.05) is 26.2 Å². The summed E-state index contributed by atoms with van der Waals surface area (Å²) < 4.78 is 10.6. The van der Waals surface area contributed by atoms with Crippen molar-refractivity contribution in [1.82, 2.24) is 10.2 Å². The molecule has 0 unspecified atom stereocenters. The summed E-state index contributed by atoms with van der Waals surface area (Å²) in [4.78, 5) is 25.5. The Hall–Kier alpha value is -1.50. The van der Waals surface area contributed by atoms with E-state index in [1.165, 1.54) is 0 Å². The molecule has 1 fully saturated rings. The van der Waals surface area contributed by atoms with Crippen LogP contribution < -0.4 is 5.32 Å². The van der Waals surface area contributed by atoms with Crippen LogP contribution in [0.15, 0.2) is 0 Å². The van der Waals surface area contributed by atoms with Gasteiger partial charge in [0.05, 0.1) is 6.61 Å². The molecule has 1 rings (SSSR count). The largest absolute Gasteiger partial charge is 0.444 e. The molecule has 0 atom stereocenters. The van der Waals surface area contributed by atoms with Crippen molar-refractivity contribution in [2.24, 2.45) is 5.41 Å². The van der Waals surface area contributed by atoms with Crippen LogP contribution in [0.3, 0.4) is 0 Å². The Balaban J connectivity index is 2.52. The summed E-state index contributed by atoms with van der Waals surface area (Å²) in [5.41, 5.74) is -1.52. The second kappa shape index (κ2) is 7.59. The number of nitrogens with one attached hydrogen (secondary N) is 1. The van der Waals surface area contributed by atoms with E-state index < -0.39 is 22.7 Å². The number of aliphatic hydroxyl groups excluding tert-OH is 1. The highest BCUT2D eigenvalue weighted by Gasteiger charge is 2.37. The molecule has 0 aromatic heterocycles. The summed E-state index contributed by atoms with van der Waals surface area (Å²) in [6.07, 6.45) is 0.357. The molecule has 2 amide bonds. The molecule has 1 saturated heterocycles. The van der Waals surface area contributed by atoms with Crippen molar-refractivity contribution in [2.45, 2.75) is 65.6 Å². The number of rotatable bonds is 3. The number of ether oxygens (including phenoxy) is 2. The number of piperidine rings is 1. The Morgan fingerprint density at radius 2 is 1.54 bits per heavy atom. The molecule has 0 aliphatic carbocycles. The molecule has 0 spiro atoms. The van der Waals surface area contributed by atoms with E-state index >= 15 is 0 Å². The Morgan fingerprint density at radius 1 is 1.04 bits per heavy atom. The van der Waals surface area contributed by atoms with Crippen LogP contribution in [0.4, 0.5) is 9.59 Å². The molecule has 7 heteroatoms. The molecule has 0 saturated carbocycles. The van der Waals surface area contributed by atoms with E-state index in [4.69, 9.17) is 9.47 Å². The van der Waals surface area contributed by atoms with Gasteiger partial charge in [-0.05, 0) is 54.4 Å². The fourth-order valence-corrected chi connectivity index (χ4v) is 2.45. The first-order chi connectivity index (χ1) is 10.9. The minimum Gasteiger partial charge on any atom is -0.444 e. The number of likely N-dealkylation sites (tertiary alicyclic amines) is 1. The summed E-state index contributed by atoms with van der Waals surface area (Å²) in [5.74, 6) is 0. The van der Waals surface area contributed by atoms with E-state index in [-0.39, 0.29) is 12.7 Å². The first-order valence-electron chi connectivity index (χ1n) is 8.41. The van der Waals surface area contributed by atoms with Crippen molar-refractivity contribution in [1.29, 1.82) is 0 Å². The molecule has 7 nitrogen and oxygen atoms in total. The molecule has 1 heterocycles. The standard InChI is InChI=1S/C17H32N2O5/c1-15(2,3)23-13(21)18-11-17(12-20)7-9-19(10-8-17)14(22)24-16(4,5)6/h20H,7-12H2,1-6H3,(H,18,21). The highest BCUT2D eigenvalue weighted by Crippen LogP contribution is 2.31. The summed E-state index contributed by atoms with van der Waals surface area (Å²) in [7, 11) is 0. The van der Waals surface area contributed by atoms with Gasteiger partial charge in [-0.25, -0.2) is 9.59 Å². The number of hydrogen-bond donors (Lipinski definition) is 2. The molecule has 0 aromatic rings. The first-order valence-corrected chi connectivity index (χ1v) is 8.41. The second-order valence-corrected chi connectivity index (χ2v) is 8.48. The van der Waals surface area contributed by atoms with Crippen LogP contribution in [0.25, 0.3) is 0 Å². The highest BCUT2D eigenvalue weighted by atomic mass is 16.6. The lowest BCUT2D eigenvalue weighted by Gasteiger charge is -2.41. The first kappa shape index (κ1) is 20.5. The summed E-state index contributed by atoms with van der Waals surface area (Å²) in [5, 5.41) is 12.5.